The van der Waals surface area contributed by atoms with Gasteiger partial charge in [0.15, 0.2) is 0 Å². The molecule has 0 aromatic heterocycles. The van der Waals surface area contributed by atoms with Crippen molar-refractivity contribution in [3.8, 4) is 0 Å². The summed E-state index contributed by atoms with van der Waals surface area (Å²) in [5.74, 6) is 2.09. The van der Waals surface area contributed by atoms with Crippen molar-refractivity contribution < 1.29 is 0 Å². The van der Waals surface area contributed by atoms with Gasteiger partial charge in [-0.1, -0.05) is 6.42 Å². The molecule has 0 aliphatic heterocycles. The molecule has 0 aromatic rings. The molecular formula is C6H10S. The first-order chi connectivity index (χ1) is 3.39. The minimum absolute atomic E-state index is 0.814. The highest BCUT2D eigenvalue weighted by Gasteiger charge is 2.49. The third-order valence-electron chi connectivity index (χ3n) is 2.36. The molecule has 2 aliphatic rings. The van der Waals surface area contributed by atoms with Crippen LogP contribution in [-0.4, -0.2) is 5.25 Å². The maximum atomic E-state index is 4.40. The van der Waals surface area contributed by atoms with Crippen LogP contribution in [0.5, 0.6) is 0 Å². The van der Waals surface area contributed by atoms with Crippen molar-refractivity contribution in [3.63, 3.8) is 0 Å². The van der Waals surface area contributed by atoms with Crippen molar-refractivity contribution >= 4 is 12.6 Å². The summed E-state index contributed by atoms with van der Waals surface area (Å²) in [4.78, 5) is 0. The predicted octanol–water partition coefficient (Wildman–Crippen LogP) is 1.71. The van der Waals surface area contributed by atoms with Crippen LogP contribution >= 0.6 is 12.6 Å². The molecule has 0 N–H and O–H groups in total. The van der Waals surface area contributed by atoms with E-state index in [0.29, 0.717) is 0 Å². The quantitative estimate of drug-likeness (QED) is 0.455. The monoisotopic (exact) mass is 114 g/mol. The molecule has 2 atom stereocenters. The Morgan fingerprint density at radius 1 is 1.14 bits per heavy atom. The fourth-order valence-corrected chi connectivity index (χ4v) is 2.42. The fourth-order valence-electron chi connectivity index (χ4n) is 1.78. The number of rotatable bonds is 0. The van der Waals surface area contributed by atoms with Gasteiger partial charge in [-0.25, -0.2) is 0 Å². The first-order valence-corrected chi connectivity index (χ1v) is 3.59. The minimum Gasteiger partial charge on any atom is -0.175 e. The Hall–Kier alpha value is 0.350. The van der Waals surface area contributed by atoms with Crippen molar-refractivity contribution in [2.45, 2.75) is 24.5 Å². The molecule has 40 valence electrons. The molecule has 1 heteroatoms. The van der Waals surface area contributed by atoms with Crippen LogP contribution in [0.15, 0.2) is 0 Å². The summed E-state index contributed by atoms with van der Waals surface area (Å²) < 4.78 is 0. The summed E-state index contributed by atoms with van der Waals surface area (Å²) in [6.45, 7) is 0. The van der Waals surface area contributed by atoms with E-state index in [4.69, 9.17) is 0 Å². The van der Waals surface area contributed by atoms with Crippen molar-refractivity contribution in [3.05, 3.63) is 0 Å². The molecule has 2 rings (SSSR count). The number of hydrogen-bond acceptors (Lipinski definition) is 1. The molecule has 7 heavy (non-hydrogen) atoms. The average Bonchev–Trinajstić information content (AvgIpc) is 2.26. The molecule has 0 spiro atoms. The van der Waals surface area contributed by atoms with Gasteiger partial charge < -0.3 is 0 Å². The zero-order valence-electron chi connectivity index (χ0n) is 4.30. The average molecular weight is 114 g/mol. The molecule has 2 saturated carbocycles. The lowest BCUT2D eigenvalue weighted by Crippen LogP contribution is -1.79. The lowest BCUT2D eigenvalue weighted by Gasteiger charge is -1.89. The second-order valence-corrected chi connectivity index (χ2v) is 3.35. The fraction of sp³-hybridized carbons (Fsp3) is 1.00. The van der Waals surface area contributed by atoms with Gasteiger partial charge in [-0.3, -0.25) is 0 Å². The lowest BCUT2D eigenvalue weighted by molar-refractivity contribution is 0.744. The minimum atomic E-state index is 0.814. The second kappa shape index (κ2) is 1.19. The Labute approximate surface area is 49.7 Å². The van der Waals surface area contributed by atoms with Gasteiger partial charge in [-0.15, -0.1) is 0 Å². The van der Waals surface area contributed by atoms with Crippen LogP contribution in [0.3, 0.4) is 0 Å². The topological polar surface area (TPSA) is 0 Å². The highest BCUT2D eigenvalue weighted by molar-refractivity contribution is 7.81. The van der Waals surface area contributed by atoms with Gasteiger partial charge in [0.25, 0.3) is 0 Å². The molecule has 2 aliphatic carbocycles. The van der Waals surface area contributed by atoms with E-state index in [1.54, 1.807) is 0 Å². The van der Waals surface area contributed by atoms with Crippen LogP contribution in [0.1, 0.15) is 19.3 Å². The van der Waals surface area contributed by atoms with Gasteiger partial charge in [-0.2, -0.15) is 12.6 Å². The zero-order valence-corrected chi connectivity index (χ0v) is 5.20. The Bertz CT molecular complexity index is 80.2. The van der Waals surface area contributed by atoms with E-state index in [-0.39, 0.29) is 0 Å². The first kappa shape index (κ1) is 4.25. The zero-order chi connectivity index (χ0) is 4.85. The van der Waals surface area contributed by atoms with Crippen LogP contribution in [0, 0.1) is 11.8 Å². The Morgan fingerprint density at radius 3 is 2.00 bits per heavy atom. The van der Waals surface area contributed by atoms with Crippen LogP contribution in [0.25, 0.3) is 0 Å². The summed E-state index contributed by atoms with van der Waals surface area (Å²) in [6.07, 6.45) is 4.42. The van der Waals surface area contributed by atoms with Crippen molar-refractivity contribution in [2.24, 2.45) is 11.8 Å². The van der Waals surface area contributed by atoms with Crippen LogP contribution in [0.4, 0.5) is 0 Å². The van der Waals surface area contributed by atoms with E-state index in [0.717, 1.165) is 17.1 Å². The van der Waals surface area contributed by atoms with Gasteiger partial charge in [0.05, 0.1) is 0 Å². The molecule has 0 aromatic carbocycles. The molecular weight excluding hydrogens is 104 g/mol. The number of fused-ring (bicyclic) bond motifs is 1. The summed E-state index contributed by atoms with van der Waals surface area (Å²) in [7, 11) is 0. The molecule has 0 heterocycles. The second-order valence-electron chi connectivity index (χ2n) is 2.75. The SMILES string of the molecule is SC1C2CCCC12. The van der Waals surface area contributed by atoms with Crippen LogP contribution < -0.4 is 0 Å². The van der Waals surface area contributed by atoms with E-state index >= 15 is 0 Å². The predicted molar refractivity (Wildman–Crippen MR) is 33.6 cm³/mol. The number of hydrogen-bond donors (Lipinski definition) is 1. The standard InChI is InChI=1S/C6H10S/c7-6-4-2-1-3-5(4)6/h4-7H,1-3H2. The summed E-state index contributed by atoms with van der Waals surface area (Å²) in [6, 6.07) is 0. The largest absolute Gasteiger partial charge is 0.175 e. The van der Waals surface area contributed by atoms with Gasteiger partial charge in [-0.05, 0) is 24.7 Å². The van der Waals surface area contributed by atoms with Crippen LogP contribution in [-0.2, 0) is 0 Å². The Kier molecular flexibility index (Phi) is 0.724. The maximum absolute atomic E-state index is 4.40. The smallest absolute Gasteiger partial charge is 0.00794 e. The Morgan fingerprint density at radius 2 is 1.71 bits per heavy atom. The molecule has 2 unspecified atom stereocenters. The van der Waals surface area contributed by atoms with Gasteiger partial charge >= 0.3 is 0 Å². The van der Waals surface area contributed by atoms with Gasteiger partial charge in [0, 0.05) is 5.25 Å². The van der Waals surface area contributed by atoms with E-state index in [9.17, 15) is 0 Å². The van der Waals surface area contributed by atoms with Gasteiger partial charge in [0.2, 0.25) is 0 Å². The Balaban J connectivity index is 2.06. The lowest BCUT2D eigenvalue weighted by atomic mass is 10.3. The molecule has 2 fully saturated rings. The summed E-state index contributed by atoms with van der Waals surface area (Å²) >= 11 is 4.40. The molecule has 0 nitrogen and oxygen atoms in total. The van der Waals surface area contributed by atoms with E-state index < -0.39 is 0 Å². The molecule has 0 saturated heterocycles. The summed E-state index contributed by atoms with van der Waals surface area (Å²) in [5.41, 5.74) is 0. The van der Waals surface area contributed by atoms with Crippen molar-refractivity contribution in [1.29, 1.82) is 0 Å². The molecule has 0 bridgehead atoms. The highest BCUT2D eigenvalue weighted by Crippen LogP contribution is 2.54. The van der Waals surface area contributed by atoms with E-state index in [1.807, 2.05) is 0 Å². The van der Waals surface area contributed by atoms with Crippen molar-refractivity contribution in [2.75, 3.05) is 0 Å². The van der Waals surface area contributed by atoms with Crippen LogP contribution in [0.2, 0.25) is 0 Å². The maximum Gasteiger partial charge on any atom is 0.00794 e. The number of thiol groups is 1. The molecule has 0 radical (unpaired) electrons. The third kappa shape index (κ3) is 0.449. The van der Waals surface area contributed by atoms with E-state index in [1.165, 1.54) is 19.3 Å². The molecule has 0 amide bonds. The highest BCUT2D eigenvalue weighted by atomic mass is 32.1. The van der Waals surface area contributed by atoms with Crippen molar-refractivity contribution in [1.82, 2.24) is 0 Å². The first-order valence-electron chi connectivity index (χ1n) is 3.07. The summed E-state index contributed by atoms with van der Waals surface area (Å²) in [5, 5.41) is 0.814. The van der Waals surface area contributed by atoms with E-state index in [2.05, 4.69) is 12.6 Å². The van der Waals surface area contributed by atoms with Gasteiger partial charge in [0.1, 0.15) is 0 Å². The normalized spacial score (nSPS) is 57.0. The third-order valence-corrected chi connectivity index (χ3v) is 3.13.